The standard InChI is InChI=1S/C19H19Cl2NO5S.H2S/c1-26-18-5-3-14(28(24,25)11-12-6-7-27-10-12)9-15(18)19(23)22-13-2-4-16(20)17(21)8-13;/h2-5,8-9,12H,6-7,10-11H2,1H3,(H,22,23);1H2/t12-;/m0./s1. The lowest BCUT2D eigenvalue weighted by atomic mass is 10.1. The second kappa shape index (κ2) is 10.0. The smallest absolute Gasteiger partial charge is 0.259 e. The highest BCUT2D eigenvalue weighted by Gasteiger charge is 2.26. The molecular formula is C19H21Cl2NO5S2. The Hall–Kier alpha value is -1.45. The molecule has 1 heterocycles. The zero-order chi connectivity index (χ0) is 20.3. The Labute approximate surface area is 186 Å². The highest BCUT2D eigenvalue weighted by molar-refractivity contribution is 7.91. The van der Waals surface area contributed by atoms with Gasteiger partial charge in [-0.2, -0.15) is 13.5 Å². The van der Waals surface area contributed by atoms with Crippen molar-refractivity contribution in [1.82, 2.24) is 0 Å². The van der Waals surface area contributed by atoms with Gasteiger partial charge in [0.1, 0.15) is 5.75 Å². The summed E-state index contributed by atoms with van der Waals surface area (Å²) in [6.45, 7) is 1.00. The van der Waals surface area contributed by atoms with Crippen molar-refractivity contribution in [3.63, 3.8) is 0 Å². The SMILES string of the molecule is COc1ccc(S(=O)(=O)C[C@H]2CCOC2)cc1C(=O)Nc1ccc(Cl)c(Cl)c1.S. The quantitative estimate of drug-likeness (QED) is 0.674. The largest absolute Gasteiger partial charge is 0.496 e. The molecule has 0 unspecified atom stereocenters. The molecule has 6 nitrogen and oxygen atoms in total. The summed E-state index contributed by atoms with van der Waals surface area (Å²) in [5.74, 6) is -0.314. The first-order valence-electron chi connectivity index (χ1n) is 8.55. The van der Waals surface area contributed by atoms with Crippen molar-refractivity contribution in [2.24, 2.45) is 5.92 Å². The first-order chi connectivity index (χ1) is 13.3. The van der Waals surface area contributed by atoms with Crippen LogP contribution in [0, 0.1) is 5.92 Å². The van der Waals surface area contributed by atoms with Gasteiger partial charge in [0.2, 0.25) is 0 Å². The predicted molar refractivity (Wildman–Crippen MR) is 119 cm³/mol. The molecular weight excluding hydrogens is 457 g/mol. The van der Waals surface area contributed by atoms with E-state index in [1.807, 2.05) is 0 Å². The number of nitrogens with one attached hydrogen (secondary N) is 1. The van der Waals surface area contributed by atoms with Gasteiger partial charge in [0.15, 0.2) is 9.84 Å². The van der Waals surface area contributed by atoms with Gasteiger partial charge in [0.25, 0.3) is 5.91 Å². The maximum Gasteiger partial charge on any atom is 0.259 e. The van der Waals surface area contributed by atoms with Gasteiger partial charge >= 0.3 is 0 Å². The molecule has 0 aliphatic carbocycles. The number of carbonyl (C=O) groups excluding carboxylic acids is 1. The van der Waals surface area contributed by atoms with Crippen molar-refractivity contribution < 1.29 is 22.7 Å². The van der Waals surface area contributed by atoms with E-state index >= 15 is 0 Å². The third-order valence-corrected chi connectivity index (χ3v) is 7.05. The molecule has 2 aromatic rings. The lowest BCUT2D eigenvalue weighted by Gasteiger charge is -2.13. The van der Waals surface area contributed by atoms with Gasteiger partial charge in [0, 0.05) is 12.3 Å². The fourth-order valence-corrected chi connectivity index (χ4v) is 4.90. The highest BCUT2D eigenvalue weighted by atomic mass is 35.5. The van der Waals surface area contributed by atoms with E-state index in [0.29, 0.717) is 35.4 Å². The molecule has 29 heavy (non-hydrogen) atoms. The Kier molecular flexibility index (Phi) is 8.25. The van der Waals surface area contributed by atoms with Crippen molar-refractivity contribution in [3.05, 3.63) is 52.0 Å². The number of carbonyl (C=O) groups is 1. The van der Waals surface area contributed by atoms with E-state index in [1.165, 1.54) is 31.4 Å². The van der Waals surface area contributed by atoms with E-state index in [4.69, 9.17) is 32.7 Å². The first-order valence-corrected chi connectivity index (χ1v) is 11.0. The molecule has 0 bridgehead atoms. The molecule has 1 N–H and O–H groups in total. The minimum atomic E-state index is -3.56. The summed E-state index contributed by atoms with van der Waals surface area (Å²) in [4.78, 5) is 12.8. The van der Waals surface area contributed by atoms with E-state index in [9.17, 15) is 13.2 Å². The molecule has 3 rings (SSSR count). The summed E-state index contributed by atoms with van der Waals surface area (Å²) in [5.41, 5.74) is 0.537. The van der Waals surface area contributed by atoms with Gasteiger partial charge in [-0.15, -0.1) is 0 Å². The number of sulfone groups is 1. The molecule has 0 radical (unpaired) electrons. The maximum atomic E-state index is 12.7. The van der Waals surface area contributed by atoms with Crippen LogP contribution in [0.5, 0.6) is 5.75 Å². The van der Waals surface area contributed by atoms with Crippen LogP contribution in [0.1, 0.15) is 16.8 Å². The summed E-state index contributed by atoms with van der Waals surface area (Å²) in [5, 5.41) is 3.33. The fraction of sp³-hybridized carbons (Fsp3) is 0.316. The number of anilines is 1. The Morgan fingerprint density at radius 2 is 1.97 bits per heavy atom. The van der Waals surface area contributed by atoms with Gasteiger partial charge in [-0.25, -0.2) is 8.42 Å². The summed E-state index contributed by atoms with van der Waals surface area (Å²) < 4.78 is 36.0. The van der Waals surface area contributed by atoms with E-state index in [0.717, 1.165) is 0 Å². The molecule has 0 spiro atoms. The van der Waals surface area contributed by atoms with Crippen LogP contribution in [0.25, 0.3) is 0 Å². The Balaban J connectivity index is 0.00000300. The molecule has 10 heteroatoms. The number of benzene rings is 2. The molecule has 0 saturated carbocycles. The van der Waals surface area contributed by atoms with E-state index in [-0.39, 0.29) is 41.4 Å². The van der Waals surface area contributed by atoms with Gasteiger partial charge in [-0.1, -0.05) is 23.2 Å². The van der Waals surface area contributed by atoms with Crippen LogP contribution in [0.2, 0.25) is 10.0 Å². The van der Waals surface area contributed by atoms with Crippen LogP contribution >= 0.6 is 36.7 Å². The van der Waals surface area contributed by atoms with Crippen LogP contribution in [-0.2, 0) is 14.6 Å². The molecule has 1 amide bonds. The number of methoxy groups -OCH3 is 1. The van der Waals surface area contributed by atoms with Crippen LogP contribution in [-0.4, -0.2) is 40.4 Å². The summed E-state index contributed by atoms with van der Waals surface area (Å²) in [6.07, 6.45) is 0.708. The summed E-state index contributed by atoms with van der Waals surface area (Å²) in [7, 11) is -2.15. The Bertz CT molecular complexity index is 992. The average molecular weight is 478 g/mol. The lowest BCUT2D eigenvalue weighted by Crippen LogP contribution is -2.18. The van der Waals surface area contributed by atoms with E-state index < -0.39 is 15.7 Å². The second-order valence-electron chi connectivity index (χ2n) is 6.46. The summed E-state index contributed by atoms with van der Waals surface area (Å²) >= 11 is 11.9. The third kappa shape index (κ3) is 5.79. The fourth-order valence-electron chi connectivity index (χ4n) is 2.95. The molecule has 2 aromatic carbocycles. The average Bonchev–Trinajstić information content (AvgIpc) is 3.16. The van der Waals surface area contributed by atoms with Crippen LogP contribution < -0.4 is 10.1 Å². The highest BCUT2D eigenvalue weighted by Crippen LogP contribution is 2.28. The van der Waals surface area contributed by atoms with Gasteiger partial charge in [-0.05, 0) is 48.7 Å². The van der Waals surface area contributed by atoms with Gasteiger partial charge in [0.05, 0.1) is 40.0 Å². The minimum absolute atomic E-state index is 0. The van der Waals surface area contributed by atoms with Crippen molar-refractivity contribution in [3.8, 4) is 5.75 Å². The molecule has 1 atom stereocenters. The van der Waals surface area contributed by atoms with E-state index in [1.54, 1.807) is 12.1 Å². The number of halogens is 2. The minimum Gasteiger partial charge on any atom is -0.496 e. The molecule has 0 aromatic heterocycles. The summed E-state index contributed by atoms with van der Waals surface area (Å²) in [6, 6.07) is 8.91. The second-order valence-corrected chi connectivity index (χ2v) is 9.30. The number of rotatable bonds is 6. The van der Waals surface area contributed by atoms with Crippen LogP contribution in [0.3, 0.4) is 0 Å². The number of ether oxygens (including phenoxy) is 2. The normalized spacial score (nSPS) is 16.2. The Morgan fingerprint density at radius 3 is 2.59 bits per heavy atom. The maximum absolute atomic E-state index is 12.7. The van der Waals surface area contributed by atoms with Gasteiger partial charge < -0.3 is 14.8 Å². The zero-order valence-corrected chi connectivity index (χ0v) is 18.9. The molecule has 1 aliphatic rings. The first kappa shape index (κ1) is 23.8. The lowest BCUT2D eigenvalue weighted by molar-refractivity contribution is 0.102. The Morgan fingerprint density at radius 1 is 1.21 bits per heavy atom. The van der Waals surface area contributed by atoms with Gasteiger partial charge in [-0.3, -0.25) is 4.79 Å². The number of hydrogen-bond donors (Lipinski definition) is 1. The zero-order valence-electron chi connectivity index (χ0n) is 15.6. The van der Waals surface area contributed by atoms with Crippen LogP contribution in [0.4, 0.5) is 5.69 Å². The number of hydrogen-bond acceptors (Lipinski definition) is 5. The predicted octanol–water partition coefficient (Wildman–Crippen LogP) is 4.18. The van der Waals surface area contributed by atoms with Crippen LogP contribution in [0.15, 0.2) is 41.3 Å². The van der Waals surface area contributed by atoms with E-state index in [2.05, 4.69) is 5.32 Å². The molecule has 1 fully saturated rings. The monoisotopic (exact) mass is 477 g/mol. The molecule has 1 aliphatic heterocycles. The molecule has 158 valence electrons. The van der Waals surface area contributed by atoms with Crippen molar-refractivity contribution in [2.75, 3.05) is 31.4 Å². The van der Waals surface area contributed by atoms with Crippen molar-refractivity contribution >= 4 is 58.1 Å². The third-order valence-electron chi connectivity index (χ3n) is 4.43. The topological polar surface area (TPSA) is 81.7 Å². The van der Waals surface area contributed by atoms with Crippen molar-refractivity contribution in [2.45, 2.75) is 11.3 Å². The number of amides is 1. The molecule has 1 saturated heterocycles. The van der Waals surface area contributed by atoms with Crippen molar-refractivity contribution in [1.29, 1.82) is 0 Å².